The van der Waals surface area contributed by atoms with E-state index in [-0.39, 0.29) is 11.5 Å². The van der Waals surface area contributed by atoms with Gasteiger partial charge in [-0.15, -0.1) is 11.3 Å². The van der Waals surface area contributed by atoms with Crippen LogP contribution in [-0.4, -0.2) is 24.9 Å². The van der Waals surface area contributed by atoms with E-state index in [0.717, 1.165) is 12.8 Å². The summed E-state index contributed by atoms with van der Waals surface area (Å²) in [4.78, 5) is 24.2. The highest BCUT2D eigenvalue weighted by Gasteiger charge is 2.37. The third kappa shape index (κ3) is 2.65. The quantitative estimate of drug-likeness (QED) is 0.623. The van der Waals surface area contributed by atoms with Gasteiger partial charge in [0.1, 0.15) is 10.6 Å². The van der Waals surface area contributed by atoms with Gasteiger partial charge in [-0.05, 0) is 12.3 Å². The Labute approximate surface area is 122 Å². The summed E-state index contributed by atoms with van der Waals surface area (Å²) < 4.78 is 4.78. The molecule has 1 fully saturated rings. The molecule has 0 bridgehead atoms. The zero-order valence-electron chi connectivity index (χ0n) is 12.0. The number of nitrogens with two attached hydrogens (primary N) is 1. The molecule has 6 heteroatoms. The number of nitrogens with one attached hydrogen (secondary N) is 1. The number of anilines is 2. The van der Waals surface area contributed by atoms with Crippen molar-refractivity contribution in [1.29, 1.82) is 0 Å². The molecule has 20 heavy (non-hydrogen) atoms. The topological polar surface area (TPSA) is 81.4 Å². The number of ketones is 1. The standard InChI is InChI=1S/C14H20N2O3S/c1-4-7-6-8(7)16-13-10(14(18)19-3)11(15)12(20-13)9(17)5-2/h7-8,16H,4-6,15H2,1-3H3. The first kappa shape index (κ1) is 14.8. The Kier molecular flexibility index (Phi) is 4.32. The van der Waals surface area contributed by atoms with Crippen molar-refractivity contribution in [3.05, 3.63) is 10.4 Å². The smallest absolute Gasteiger partial charge is 0.343 e. The number of carbonyl (C=O) groups is 2. The molecule has 2 rings (SSSR count). The molecule has 0 spiro atoms. The van der Waals surface area contributed by atoms with Crippen LogP contribution in [0.4, 0.5) is 10.7 Å². The van der Waals surface area contributed by atoms with Gasteiger partial charge in [-0.1, -0.05) is 20.3 Å². The van der Waals surface area contributed by atoms with Crippen LogP contribution in [0.2, 0.25) is 0 Å². The lowest BCUT2D eigenvalue weighted by molar-refractivity contribution is 0.0603. The van der Waals surface area contributed by atoms with E-state index >= 15 is 0 Å². The van der Waals surface area contributed by atoms with Gasteiger partial charge >= 0.3 is 5.97 Å². The number of esters is 1. The molecule has 1 saturated carbocycles. The van der Waals surface area contributed by atoms with Crippen molar-refractivity contribution in [1.82, 2.24) is 0 Å². The highest BCUT2D eigenvalue weighted by molar-refractivity contribution is 7.19. The Morgan fingerprint density at radius 2 is 2.15 bits per heavy atom. The molecule has 1 heterocycles. The first-order chi connectivity index (χ1) is 9.53. The molecule has 1 aliphatic rings. The number of carbonyl (C=O) groups excluding carboxylic acids is 2. The van der Waals surface area contributed by atoms with Crippen LogP contribution in [0, 0.1) is 5.92 Å². The maximum absolute atomic E-state index is 11.9. The molecular formula is C14H20N2O3S. The van der Waals surface area contributed by atoms with Gasteiger partial charge in [0.2, 0.25) is 0 Å². The highest BCUT2D eigenvalue weighted by atomic mass is 32.1. The molecule has 2 unspecified atom stereocenters. The minimum absolute atomic E-state index is 0.0476. The summed E-state index contributed by atoms with van der Waals surface area (Å²) in [5.41, 5.74) is 6.51. The molecule has 5 nitrogen and oxygen atoms in total. The number of hydrogen-bond acceptors (Lipinski definition) is 6. The van der Waals surface area contributed by atoms with Crippen molar-refractivity contribution in [3.63, 3.8) is 0 Å². The van der Waals surface area contributed by atoms with E-state index in [9.17, 15) is 9.59 Å². The third-order valence-electron chi connectivity index (χ3n) is 3.67. The maximum atomic E-state index is 11.9. The summed E-state index contributed by atoms with van der Waals surface area (Å²) in [5.74, 6) is 0.0905. The molecule has 1 aromatic heterocycles. The van der Waals surface area contributed by atoms with Crippen LogP contribution >= 0.6 is 11.3 Å². The zero-order valence-corrected chi connectivity index (χ0v) is 12.8. The van der Waals surface area contributed by atoms with Crippen LogP contribution in [-0.2, 0) is 4.74 Å². The fourth-order valence-corrected chi connectivity index (χ4v) is 3.44. The SMILES string of the molecule is CCC(=O)c1sc(NC2CC2CC)c(C(=O)OC)c1N. The van der Waals surface area contributed by atoms with Crippen LogP contribution in [0.1, 0.15) is 53.1 Å². The van der Waals surface area contributed by atoms with Gasteiger partial charge in [0.05, 0.1) is 17.7 Å². The number of hydrogen-bond donors (Lipinski definition) is 2. The monoisotopic (exact) mass is 296 g/mol. The van der Waals surface area contributed by atoms with Crippen molar-refractivity contribution < 1.29 is 14.3 Å². The van der Waals surface area contributed by atoms with Crippen LogP contribution < -0.4 is 11.1 Å². The molecule has 2 atom stereocenters. The Hall–Kier alpha value is -1.56. The van der Waals surface area contributed by atoms with E-state index in [2.05, 4.69) is 12.2 Å². The van der Waals surface area contributed by atoms with Gasteiger partial charge in [-0.25, -0.2) is 4.79 Å². The molecule has 1 aliphatic carbocycles. The number of ether oxygens (including phenoxy) is 1. The van der Waals surface area contributed by atoms with Crippen LogP contribution in [0.15, 0.2) is 0 Å². The van der Waals surface area contributed by atoms with Gasteiger partial charge in [0.25, 0.3) is 0 Å². The predicted molar refractivity (Wildman–Crippen MR) is 80.5 cm³/mol. The van der Waals surface area contributed by atoms with Crippen molar-refractivity contribution in [2.45, 2.75) is 39.2 Å². The molecule has 0 aliphatic heterocycles. The van der Waals surface area contributed by atoms with Crippen molar-refractivity contribution >= 4 is 33.8 Å². The number of rotatable bonds is 6. The second-order valence-electron chi connectivity index (χ2n) is 4.97. The van der Waals surface area contributed by atoms with Crippen LogP contribution in [0.25, 0.3) is 0 Å². The average molecular weight is 296 g/mol. The number of nitrogen functional groups attached to an aromatic ring is 1. The van der Waals surface area contributed by atoms with E-state index in [1.54, 1.807) is 6.92 Å². The minimum atomic E-state index is -0.495. The fraction of sp³-hybridized carbons (Fsp3) is 0.571. The number of thiophene rings is 1. The lowest BCUT2D eigenvalue weighted by atomic mass is 10.2. The largest absolute Gasteiger partial charge is 0.465 e. The van der Waals surface area contributed by atoms with Crippen molar-refractivity contribution in [3.8, 4) is 0 Å². The summed E-state index contributed by atoms with van der Waals surface area (Å²) in [6.07, 6.45) is 2.56. The lowest BCUT2D eigenvalue weighted by Crippen LogP contribution is -2.10. The van der Waals surface area contributed by atoms with Gasteiger partial charge in [-0.2, -0.15) is 0 Å². The summed E-state index contributed by atoms with van der Waals surface area (Å²) in [7, 11) is 1.32. The molecule has 0 saturated heterocycles. The third-order valence-corrected chi connectivity index (χ3v) is 4.85. The van der Waals surface area contributed by atoms with Gasteiger partial charge < -0.3 is 15.8 Å². The maximum Gasteiger partial charge on any atom is 0.343 e. The Balaban J connectivity index is 2.33. The van der Waals surface area contributed by atoms with E-state index in [0.29, 0.717) is 33.8 Å². The molecule has 0 radical (unpaired) electrons. The molecule has 1 aromatic rings. The molecule has 0 aromatic carbocycles. The molecular weight excluding hydrogens is 276 g/mol. The number of Topliss-reactive ketones (excluding diaryl/α,β-unsaturated/α-hetero) is 1. The first-order valence-electron chi connectivity index (χ1n) is 6.83. The average Bonchev–Trinajstić information content (AvgIpc) is 3.13. The second kappa shape index (κ2) is 5.83. The summed E-state index contributed by atoms with van der Waals surface area (Å²) in [6, 6.07) is 0.367. The Bertz CT molecular complexity index is 539. The lowest BCUT2D eigenvalue weighted by Gasteiger charge is -2.05. The first-order valence-corrected chi connectivity index (χ1v) is 7.65. The predicted octanol–water partition coefficient (Wildman–Crippen LogP) is 2.92. The van der Waals surface area contributed by atoms with Crippen molar-refractivity contribution in [2.75, 3.05) is 18.2 Å². The molecule has 3 N–H and O–H groups in total. The molecule has 110 valence electrons. The summed E-state index contributed by atoms with van der Waals surface area (Å²) in [5, 5.41) is 3.99. The normalized spacial score (nSPS) is 20.6. The van der Waals surface area contributed by atoms with Crippen LogP contribution in [0.5, 0.6) is 0 Å². The van der Waals surface area contributed by atoms with Crippen molar-refractivity contribution in [2.24, 2.45) is 5.92 Å². The van der Waals surface area contributed by atoms with E-state index in [1.165, 1.54) is 18.4 Å². The Morgan fingerprint density at radius 3 is 2.65 bits per heavy atom. The highest BCUT2D eigenvalue weighted by Crippen LogP contribution is 2.42. The van der Waals surface area contributed by atoms with E-state index in [1.807, 2.05) is 0 Å². The zero-order chi connectivity index (χ0) is 14.9. The summed E-state index contributed by atoms with van der Waals surface area (Å²) >= 11 is 1.26. The fourth-order valence-electron chi connectivity index (χ4n) is 2.26. The summed E-state index contributed by atoms with van der Waals surface area (Å²) in [6.45, 7) is 3.92. The van der Waals surface area contributed by atoms with Gasteiger partial charge in [0.15, 0.2) is 5.78 Å². The second-order valence-corrected chi connectivity index (χ2v) is 5.99. The van der Waals surface area contributed by atoms with Gasteiger partial charge in [-0.3, -0.25) is 4.79 Å². The van der Waals surface area contributed by atoms with E-state index < -0.39 is 5.97 Å². The van der Waals surface area contributed by atoms with Crippen LogP contribution in [0.3, 0.4) is 0 Å². The minimum Gasteiger partial charge on any atom is -0.465 e. The van der Waals surface area contributed by atoms with E-state index in [4.69, 9.17) is 10.5 Å². The Morgan fingerprint density at radius 1 is 1.45 bits per heavy atom. The number of methoxy groups -OCH3 is 1. The molecule has 0 amide bonds. The van der Waals surface area contributed by atoms with Gasteiger partial charge in [0, 0.05) is 12.5 Å².